The summed E-state index contributed by atoms with van der Waals surface area (Å²) in [6, 6.07) is 6.26. The second-order valence-electron chi connectivity index (χ2n) is 3.86. The highest BCUT2D eigenvalue weighted by Gasteiger charge is 2.18. The van der Waals surface area contributed by atoms with Crippen LogP contribution in [0.15, 0.2) is 29.2 Å². The summed E-state index contributed by atoms with van der Waals surface area (Å²) in [4.78, 5) is 10.8. The van der Waals surface area contributed by atoms with Crippen molar-refractivity contribution in [2.24, 2.45) is 11.7 Å². The highest BCUT2D eigenvalue weighted by molar-refractivity contribution is 7.86. The molecule has 0 saturated heterocycles. The first-order chi connectivity index (χ1) is 7.83. The minimum Gasteiger partial charge on any atom is -0.369 e. The molecule has 0 aromatic heterocycles. The van der Waals surface area contributed by atoms with Gasteiger partial charge in [0.25, 0.3) is 10.1 Å². The predicted molar refractivity (Wildman–Crippen MR) is 62.7 cm³/mol. The van der Waals surface area contributed by atoms with Gasteiger partial charge in [-0.25, -0.2) is 0 Å². The Morgan fingerprint density at radius 1 is 1.35 bits per heavy atom. The van der Waals surface area contributed by atoms with E-state index in [9.17, 15) is 13.2 Å². The Morgan fingerprint density at radius 2 is 1.88 bits per heavy atom. The molecule has 5 nitrogen and oxygen atoms in total. The summed E-state index contributed by atoms with van der Waals surface area (Å²) in [7, 11) is -3.81. The standard InChI is InChI=1S/C11H15NO4S/c1-8-3-5-10(6-4-8)17(14,15)16-7-9(2)11(12)13/h3-6,9H,7H2,1-2H3,(H2,12,13)/t9-/m1/s1. The van der Waals surface area contributed by atoms with Crippen molar-refractivity contribution in [3.05, 3.63) is 29.8 Å². The van der Waals surface area contributed by atoms with Gasteiger partial charge in [-0.1, -0.05) is 24.6 Å². The van der Waals surface area contributed by atoms with Gasteiger partial charge in [0.05, 0.1) is 17.4 Å². The molecule has 6 heteroatoms. The maximum atomic E-state index is 11.7. The largest absolute Gasteiger partial charge is 0.369 e. The Labute approximate surface area is 101 Å². The van der Waals surface area contributed by atoms with E-state index in [4.69, 9.17) is 9.92 Å². The molecule has 17 heavy (non-hydrogen) atoms. The van der Waals surface area contributed by atoms with Crippen LogP contribution >= 0.6 is 0 Å². The van der Waals surface area contributed by atoms with Gasteiger partial charge in [-0.2, -0.15) is 8.42 Å². The van der Waals surface area contributed by atoms with Gasteiger partial charge in [-0.3, -0.25) is 8.98 Å². The van der Waals surface area contributed by atoms with E-state index >= 15 is 0 Å². The molecule has 1 amide bonds. The van der Waals surface area contributed by atoms with Gasteiger partial charge in [0.2, 0.25) is 5.91 Å². The number of benzene rings is 1. The van der Waals surface area contributed by atoms with Crippen LogP contribution < -0.4 is 5.73 Å². The fraction of sp³-hybridized carbons (Fsp3) is 0.364. The second-order valence-corrected chi connectivity index (χ2v) is 5.47. The second kappa shape index (κ2) is 5.29. The minimum absolute atomic E-state index is 0.0692. The molecule has 0 radical (unpaired) electrons. The topological polar surface area (TPSA) is 86.5 Å². The number of hydrogen-bond acceptors (Lipinski definition) is 4. The zero-order chi connectivity index (χ0) is 13.1. The zero-order valence-corrected chi connectivity index (χ0v) is 10.5. The lowest BCUT2D eigenvalue weighted by Crippen LogP contribution is -2.26. The van der Waals surface area contributed by atoms with Gasteiger partial charge in [-0.05, 0) is 19.1 Å². The van der Waals surface area contributed by atoms with E-state index in [0.717, 1.165) is 5.56 Å². The maximum absolute atomic E-state index is 11.7. The molecule has 0 unspecified atom stereocenters. The van der Waals surface area contributed by atoms with Gasteiger partial charge in [0.1, 0.15) is 0 Å². The van der Waals surface area contributed by atoms with Crippen LogP contribution in [0.4, 0.5) is 0 Å². The molecular formula is C11H15NO4S. The molecule has 1 aromatic carbocycles. The number of nitrogens with two attached hydrogens (primary N) is 1. The summed E-state index contributed by atoms with van der Waals surface area (Å²) in [5, 5.41) is 0. The van der Waals surface area contributed by atoms with Crippen molar-refractivity contribution in [1.82, 2.24) is 0 Å². The predicted octanol–water partition coefficient (Wildman–Crippen LogP) is 0.822. The molecular weight excluding hydrogens is 242 g/mol. The molecule has 0 heterocycles. The normalized spacial score (nSPS) is 13.3. The van der Waals surface area contributed by atoms with Gasteiger partial charge in [0.15, 0.2) is 0 Å². The van der Waals surface area contributed by atoms with Crippen molar-refractivity contribution in [2.75, 3.05) is 6.61 Å². The molecule has 0 fully saturated rings. The Bertz CT molecular complexity index is 493. The number of amides is 1. The van der Waals surface area contributed by atoms with Crippen LogP contribution in [-0.4, -0.2) is 20.9 Å². The van der Waals surface area contributed by atoms with Crippen molar-refractivity contribution in [1.29, 1.82) is 0 Å². The molecule has 0 aliphatic rings. The monoisotopic (exact) mass is 257 g/mol. The molecule has 1 atom stereocenters. The van der Waals surface area contributed by atoms with Gasteiger partial charge >= 0.3 is 0 Å². The summed E-state index contributed by atoms with van der Waals surface area (Å²) >= 11 is 0. The lowest BCUT2D eigenvalue weighted by atomic mass is 10.2. The molecule has 1 aromatic rings. The zero-order valence-electron chi connectivity index (χ0n) is 9.71. The van der Waals surface area contributed by atoms with Crippen LogP contribution in [0.3, 0.4) is 0 Å². The van der Waals surface area contributed by atoms with E-state index in [0.29, 0.717) is 0 Å². The van der Waals surface area contributed by atoms with E-state index in [1.165, 1.54) is 19.1 Å². The smallest absolute Gasteiger partial charge is 0.296 e. The minimum atomic E-state index is -3.81. The quantitative estimate of drug-likeness (QED) is 0.791. The fourth-order valence-corrected chi connectivity index (χ4v) is 2.04. The average Bonchev–Trinajstić information content (AvgIpc) is 2.26. The van der Waals surface area contributed by atoms with E-state index in [1.54, 1.807) is 12.1 Å². The van der Waals surface area contributed by atoms with Crippen molar-refractivity contribution < 1.29 is 17.4 Å². The summed E-state index contributed by atoms with van der Waals surface area (Å²) in [5.74, 6) is -1.24. The number of carbonyl (C=O) groups is 1. The Kier molecular flexibility index (Phi) is 4.25. The first-order valence-corrected chi connectivity index (χ1v) is 6.49. The highest BCUT2D eigenvalue weighted by atomic mass is 32.2. The van der Waals surface area contributed by atoms with Crippen LogP contribution in [0.25, 0.3) is 0 Å². The molecule has 0 bridgehead atoms. The Hall–Kier alpha value is -1.40. The third-order valence-electron chi connectivity index (χ3n) is 2.27. The summed E-state index contributed by atoms with van der Waals surface area (Å²) in [5.41, 5.74) is 5.96. The summed E-state index contributed by atoms with van der Waals surface area (Å²) in [6.45, 7) is 3.12. The molecule has 0 aliphatic heterocycles. The average molecular weight is 257 g/mol. The number of rotatable bonds is 5. The van der Waals surface area contributed by atoms with Gasteiger partial charge in [-0.15, -0.1) is 0 Å². The first kappa shape index (κ1) is 13.7. The van der Waals surface area contributed by atoms with E-state index < -0.39 is 21.9 Å². The number of carbonyl (C=O) groups excluding carboxylic acids is 1. The van der Waals surface area contributed by atoms with Crippen LogP contribution in [0.5, 0.6) is 0 Å². The van der Waals surface area contributed by atoms with E-state index in [1.807, 2.05) is 6.92 Å². The Balaban J connectivity index is 2.76. The summed E-state index contributed by atoms with van der Waals surface area (Å²) < 4.78 is 28.1. The van der Waals surface area contributed by atoms with Gasteiger partial charge < -0.3 is 5.73 Å². The van der Waals surface area contributed by atoms with Crippen LogP contribution in [0, 0.1) is 12.8 Å². The molecule has 0 saturated carbocycles. The molecule has 1 rings (SSSR count). The maximum Gasteiger partial charge on any atom is 0.296 e. The molecule has 94 valence electrons. The number of primary amides is 1. The fourth-order valence-electron chi connectivity index (χ4n) is 1.05. The highest BCUT2D eigenvalue weighted by Crippen LogP contribution is 2.14. The SMILES string of the molecule is Cc1ccc(S(=O)(=O)OC[C@@H](C)C(N)=O)cc1. The molecule has 2 N–H and O–H groups in total. The van der Waals surface area contributed by atoms with E-state index in [2.05, 4.69) is 0 Å². The summed E-state index contributed by atoms with van der Waals surface area (Å²) in [6.07, 6.45) is 0. The third-order valence-corrected chi connectivity index (χ3v) is 3.56. The molecule has 0 spiro atoms. The number of hydrogen-bond donors (Lipinski definition) is 1. The van der Waals surface area contributed by atoms with Crippen LogP contribution in [-0.2, 0) is 19.1 Å². The lowest BCUT2D eigenvalue weighted by molar-refractivity contribution is -0.122. The van der Waals surface area contributed by atoms with E-state index in [-0.39, 0.29) is 11.5 Å². The Morgan fingerprint density at radius 3 is 2.35 bits per heavy atom. The number of aryl methyl sites for hydroxylation is 1. The third kappa shape index (κ3) is 3.83. The van der Waals surface area contributed by atoms with Crippen molar-refractivity contribution >= 4 is 16.0 Å². The van der Waals surface area contributed by atoms with Crippen LogP contribution in [0.1, 0.15) is 12.5 Å². The van der Waals surface area contributed by atoms with Gasteiger partial charge in [0, 0.05) is 0 Å². The van der Waals surface area contributed by atoms with Crippen molar-refractivity contribution in [2.45, 2.75) is 18.7 Å². The van der Waals surface area contributed by atoms with Crippen molar-refractivity contribution in [3.63, 3.8) is 0 Å². The molecule has 0 aliphatic carbocycles. The van der Waals surface area contributed by atoms with Crippen molar-refractivity contribution in [3.8, 4) is 0 Å². The van der Waals surface area contributed by atoms with Crippen LogP contribution in [0.2, 0.25) is 0 Å². The lowest BCUT2D eigenvalue weighted by Gasteiger charge is -2.08. The first-order valence-electron chi connectivity index (χ1n) is 5.08.